The third-order valence-electron chi connectivity index (χ3n) is 2.33. The Kier molecular flexibility index (Phi) is 3.69. The largest absolute Gasteiger partial charge is 0.494 e. The van der Waals surface area contributed by atoms with Crippen LogP contribution < -0.4 is 4.74 Å². The molecule has 0 saturated carbocycles. The van der Waals surface area contributed by atoms with E-state index in [9.17, 15) is 4.39 Å². The molecule has 0 atom stereocenters. The summed E-state index contributed by atoms with van der Waals surface area (Å²) in [6, 6.07) is 4.78. The fourth-order valence-corrected chi connectivity index (χ4v) is 1.42. The Morgan fingerprint density at radius 3 is 2.60 bits per heavy atom. The van der Waals surface area contributed by atoms with Gasteiger partial charge in [0.25, 0.3) is 0 Å². The zero-order valence-electron chi connectivity index (χ0n) is 9.38. The van der Waals surface area contributed by atoms with Gasteiger partial charge in [0, 0.05) is 6.61 Å². The van der Waals surface area contributed by atoms with Crippen molar-refractivity contribution in [1.82, 2.24) is 0 Å². The maximum absolute atomic E-state index is 13.1. The Labute approximate surface area is 89.7 Å². The first-order valence-electron chi connectivity index (χ1n) is 4.92. The van der Waals surface area contributed by atoms with Crippen molar-refractivity contribution < 1.29 is 14.2 Å². The molecule has 0 aliphatic rings. The lowest BCUT2D eigenvalue weighted by Gasteiger charge is -2.21. The van der Waals surface area contributed by atoms with E-state index in [4.69, 9.17) is 9.84 Å². The summed E-state index contributed by atoms with van der Waals surface area (Å²) in [6.07, 6.45) is 0.695. The second-order valence-electron chi connectivity index (χ2n) is 4.47. The minimum absolute atomic E-state index is 0.104. The highest BCUT2D eigenvalue weighted by molar-refractivity contribution is 5.30. The van der Waals surface area contributed by atoms with Crippen LogP contribution >= 0.6 is 0 Å². The van der Waals surface area contributed by atoms with E-state index in [1.165, 1.54) is 13.2 Å². The van der Waals surface area contributed by atoms with Crippen molar-refractivity contribution in [1.29, 1.82) is 0 Å². The van der Waals surface area contributed by atoms with Crippen LogP contribution in [0.15, 0.2) is 18.2 Å². The van der Waals surface area contributed by atoms with Gasteiger partial charge >= 0.3 is 0 Å². The molecule has 0 unspecified atom stereocenters. The average molecular weight is 212 g/mol. The normalized spacial score (nSPS) is 11.5. The van der Waals surface area contributed by atoms with Gasteiger partial charge in [-0.2, -0.15) is 0 Å². The van der Waals surface area contributed by atoms with Gasteiger partial charge in [0.1, 0.15) is 0 Å². The SMILES string of the molecule is COc1cc(CC(C)(C)CO)ccc1F. The lowest BCUT2D eigenvalue weighted by molar-refractivity contribution is 0.159. The van der Waals surface area contributed by atoms with E-state index in [2.05, 4.69) is 0 Å². The van der Waals surface area contributed by atoms with Crippen molar-refractivity contribution in [2.75, 3.05) is 13.7 Å². The summed E-state index contributed by atoms with van der Waals surface area (Å²) in [4.78, 5) is 0. The average Bonchev–Trinajstić information content (AvgIpc) is 2.20. The maximum Gasteiger partial charge on any atom is 0.165 e. The number of halogens is 1. The molecule has 1 rings (SSSR count). The smallest absolute Gasteiger partial charge is 0.165 e. The molecule has 1 aromatic rings. The summed E-state index contributed by atoms with van der Waals surface area (Å²) in [7, 11) is 1.44. The van der Waals surface area contributed by atoms with E-state index >= 15 is 0 Å². The van der Waals surface area contributed by atoms with Gasteiger partial charge in [-0.3, -0.25) is 0 Å². The highest BCUT2D eigenvalue weighted by atomic mass is 19.1. The molecule has 0 aliphatic carbocycles. The second kappa shape index (κ2) is 4.62. The number of aliphatic hydroxyl groups excluding tert-OH is 1. The highest BCUT2D eigenvalue weighted by Gasteiger charge is 2.17. The molecule has 0 radical (unpaired) electrons. The van der Waals surface area contributed by atoms with Gasteiger partial charge in [-0.1, -0.05) is 19.9 Å². The van der Waals surface area contributed by atoms with Crippen LogP contribution in [-0.2, 0) is 6.42 Å². The molecule has 0 aliphatic heterocycles. The summed E-state index contributed by atoms with van der Waals surface area (Å²) in [5, 5.41) is 9.13. The van der Waals surface area contributed by atoms with E-state index in [0.717, 1.165) is 5.56 Å². The molecule has 15 heavy (non-hydrogen) atoms. The molecule has 0 bridgehead atoms. The van der Waals surface area contributed by atoms with Gasteiger partial charge in [0.2, 0.25) is 0 Å². The van der Waals surface area contributed by atoms with Crippen LogP contribution in [0.1, 0.15) is 19.4 Å². The van der Waals surface area contributed by atoms with Crippen molar-refractivity contribution in [3.63, 3.8) is 0 Å². The number of benzene rings is 1. The number of ether oxygens (including phenoxy) is 1. The molecule has 0 aromatic heterocycles. The third-order valence-corrected chi connectivity index (χ3v) is 2.33. The molecule has 2 nitrogen and oxygen atoms in total. The first kappa shape index (κ1) is 12.0. The number of hydrogen-bond acceptors (Lipinski definition) is 2. The zero-order chi connectivity index (χ0) is 11.5. The zero-order valence-corrected chi connectivity index (χ0v) is 9.38. The third kappa shape index (κ3) is 3.20. The van der Waals surface area contributed by atoms with Crippen molar-refractivity contribution in [2.45, 2.75) is 20.3 Å². The van der Waals surface area contributed by atoms with Gasteiger partial charge < -0.3 is 9.84 Å². The quantitative estimate of drug-likeness (QED) is 0.830. The number of aliphatic hydroxyl groups is 1. The summed E-state index contributed by atoms with van der Waals surface area (Å²) in [5.41, 5.74) is 0.773. The number of hydrogen-bond donors (Lipinski definition) is 1. The second-order valence-corrected chi connectivity index (χ2v) is 4.47. The van der Waals surface area contributed by atoms with Gasteiger partial charge in [-0.25, -0.2) is 4.39 Å². The fraction of sp³-hybridized carbons (Fsp3) is 0.500. The minimum Gasteiger partial charge on any atom is -0.494 e. The first-order valence-corrected chi connectivity index (χ1v) is 4.92. The van der Waals surface area contributed by atoms with Crippen LogP contribution in [0.4, 0.5) is 4.39 Å². The molecule has 0 spiro atoms. The van der Waals surface area contributed by atoms with Gasteiger partial charge in [0.05, 0.1) is 7.11 Å². The van der Waals surface area contributed by atoms with Crippen LogP contribution in [-0.4, -0.2) is 18.8 Å². The molecule has 0 fully saturated rings. The number of methoxy groups -OCH3 is 1. The predicted molar refractivity (Wildman–Crippen MR) is 57.5 cm³/mol. The van der Waals surface area contributed by atoms with Gasteiger partial charge in [0.15, 0.2) is 11.6 Å². The molecule has 1 N–H and O–H groups in total. The van der Waals surface area contributed by atoms with Gasteiger partial charge in [-0.15, -0.1) is 0 Å². The van der Waals surface area contributed by atoms with E-state index in [1.54, 1.807) is 12.1 Å². The van der Waals surface area contributed by atoms with Gasteiger partial charge in [-0.05, 0) is 29.5 Å². The Balaban J connectivity index is 2.87. The van der Waals surface area contributed by atoms with Crippen molar-refractivity contribution in [3.05, 3.63) is 29.6 Å². The Hall–Kier alpha value is -1.09. The first-order chi connectivity index (χ1) is 6.98. The summed E-state index contributed by atoms with van der Waals surface area (Å²) in [6.45, 7) is 4.03. The topological polar surface area (TPSA) is 29.5 Å². The number of rotatable bonds is 4. The molecule has 1 aromatic carbocycles. The molecule has 0 saturated heterocycles. The van der Waals surface area contributed by atoms with E-state index in [-0.39, 0.29) is 23.6 Å². The molecular formula is C12H17FO2. The van der Waals surface area contributed by atoms with Crippen molar-refractivity contribution in [3.8, 4) is 5.75 Å². The summed E-state index contributed by atoms with van der Waals surface area (Å²) >= 11 is 0. The van der Waals surface area contributed by atoms with Crippen molar-refractivity contribution >= 4 is 0 Å². The monoisotopic (exact) mass is 212 g/mol. The van der Waals surface area contributed by atoms with Crippen LogP contribution in [0.3, 0.4) is 0 Å². The Morgan fingerprint density at radius 1 is 1.40 bits per heavy atom. The van der Waals surface area contributed by atoms with Crippen LogP contribution in [0.25, 0.3) is 0 Å². The Morgan fingerprint density at radius 2 is 2.07 bits per heavy atom. The standard InChI is InChI=1S/C12H17FO2/c1-12(2,8-14)7-9-4-5-10(13)11(6-9)15-3/h4-6,14H,7-8H2,1-3H3. The van der Waals surface area contributed by atoms with Crippen LogP contribution in [0.2, 0.25) is 0 Å². The highest BCUT2D eigenvalue weighted by Crippen LogP contribution is 2.25. The van der Waals surface area contributed by atoms with Crippen molar-refractivity contribution in [2.24, 2.45) is 5.41 Å². The molecule has 3 heteroatoms. The minimum atomic E-state index is -0.358. The lowest BCUT2D eigenvalue weighted by Crippen LogP contribution is -2.19. The molecule has 84 valence electrons. The van der Waals surface area contributed by atoms with E-state index in [0.29, 0.717) is 6.42 Å². The van der Waals surface area contributed by atoms with Crippen LogP contribution in [0.5, 0.6) is 5.75 Å². The van der Waals surface area contributed by atoms with Crippen LogP contribution in [0, 0.1) is 11.2 Å². The predicted octanol–water partition coefficient (Wildman–Crippen LogP) is 2.40. The summed E-state index contributed by atoms with van der Waals surface area (Å²) in [5.74, 6) is -0.107. The van der Waals surface area contributed by atoms with E-state index < -0.39 is 0 Å². The fourth-order valence-electron chi connectivity index (χ4n) is 1.42. The molecule has 0 heterocycles. The molecule has 0 amide bonds. The molecular weight excluding hydrogens is 195 g/mol. The summed E-state index contributed by atoms with van der Waals surface area (Å²) < 4.78 is 18.0. The lowest BCUT2D eigenvalue weighted by atomic mass is 9.87. The Bertz CT molecular complexity index is 334. The maximum atomic E-state index is 13.1. The van der Waals surface area contributed by atoms with E-state index in [1.807, 2.05) is 13.8 Å².